The monoisotopic (exact) mass is 379 g/mol. The first-order valence-corrected chi connectivity index (χ1v) is 11.7. The van der Waals surface area contributed by atoms with E-state index in [0.29, 0.717) is 13.0 Å². The van der Waals surface area contributed by atoms with Crippen molar-refractivity contribution in [2.45, 2.75) is 51.0 Å². The molecular formula is C20H33N3O2S. The van der Waals surface area contributed by atoms with Gasteiger partial charge in [-0.3, -0.25) is 4.90 Å². The Bertz CT molecular complexity index is 649. The van der Waals surface area contributed by atoms with Crippen LogP contribution >= 0.6 is 0 Å². The molecule has 0 atom stereocenters. The van der Waals surface area contributed by atoms with E-state index in [1.54, 1.807) is 0 Å². The lowest BCUT2D eigenvalue weighted by atomic mass is 9.80. The summed E-state index contributed by atoms with van der Waals surface area (Å²) in [4.78, 5) is 5.01. The molecule has 1 saturated heterocycles. The number of piperazine rings is 1. The van der Waals surface area contributed by atoms with E-state index in [-0.39, 0.29) is 11.3 Å². The number of sulfonamides is 1. The number of hydrogen-bond acceptors (Lipinski definition) is 4. The Morgan fingerprint density at radius 2 is 1.65 bits per heavy atom. The first kappa shape index (κ1) is 19.6. The van der Waals surface area contributed by atoms with Gasteiger partial charge in [0.1, 0.15) is 0 Å². The zero-order valence-corrected chi connectivity index (χ0v) is 16.8. The van der Waals surface area contributed by atoms with Gasteiger partial charge < -0.3 is 4.90 Å². The fourth-order valence-corrected chi connectivity index (χ4v) is 5.65. The largest absolute Gasteiger partial charge is 0.369 e. The summed E-state index contributed by atoms with van der Waals surface area (Å²) in [5.74, 6) is 0.227. The summed E-state index contributed by atoms with van der Waals surface area (Å²) in [5.41, 5.74) is 1.29. The van der Waals surface area contributed by atoms with Gasteiger partial charge in [-0.1, -0.05) is 44.4 Å². The standard InChI is InChI=1S/C20H33N3O2S/c1-2-17-26(24,25)21-18-20(11-7-4-8-12-20)23-15-13-22(14-16-23)19-9-5-3-6-10-19/h3,5-6,9-10,21H,2,4,7-8,11-18H2,1H3. The van der Waals surface area contributed by atoms with Crippen LogP contribution in [-0.2, 0) is 10.0 Å². The van der Waals surface area contributed by atoms with Gasteiger partial charge >= 0.3 is 0 Å². The van der Waals surface area contributed by atoms with Crippen molar-refractivity contribution in [2.24, 2.45) is 0 Å². The molecule has 1 aliphatic heterocycles. The van der Waals surface area contributed by atoms with E-state index in [0.717, 1.165) is 39.0 Å². The first-order valence-electron chi connectivity index (χ1n) is 10.1. The van der Waals surface area contributed by atoms with Crippen molar-refractivity contribution in [3.63, 3.8) is 0 Å². The van der Waals surface area contributed by atoms with Crippen LogP contribution in [0.15, 0.2) is 30.3 Å². The van der Waals surface area contributed by atoms with Crippen LogP contribution in [-0.4, -0.2) is 57.3 Å². The molecule has 1 saturated carbocycles. The Morgan fingerprint density at radius 1 is 1.00 bits per heavy atom. The molecule has 1 N–H and O–H groups in total. The molecule has 0 bridgehead atoms. The van der Waals surface area contributed by atoms with E-state index in [4.69, 9.17) is 0 Å². The molecule has 2 fully saturated rings. The van der Waals surface area contributed by atoms with Crippen molar-refractivity contribution in [2.75, 3.05) is 43.4 Å². The zero-order valence-electron chi connectivity index (χ0n) is 16.0. The van der Waals surface area contributed by atoms with Crippen molar-refractivity contribution in [1.82, 2.24) is 9.62 Å². The average Bonchev–Trinajstić information content (AvgIpc) is 2.68. The molecule has 0 amide bonds. The maximum atomic E-state index is 12.2. The van der Waals surface area contributed by atoms with E-state index in [2.05, 4.69) is 44.9 Å². The number of anilines is 1. The molecule has 0 spiro atoms. The second-order valence-corrected chi connectivity index (χ2v) is 9.66. The number of hydrogen-bond donors (Lipinski definition) is 1. The van der Waals surface area contributed by atoms with E-state index < -0.39 is 10.0 Å². The molecule has 0 aromatic heterocycles. The molecule has 3 rings (SSSR count). The Hall–Kier alpha value is -1.11. The second kappa shape index (κ2) is 8.72. The minimum Gasteiger partial charge on any atom is -0.369 e. The molecule has 6 heteroatoms. The lowest BCUT2D eigenvalue weighted by Gasteiger charge is -2.50. The smallest absolute Gasteiger partial charge is 0.211 e. The van der Waals surface area contributed by atoms with E-state index in [1.165, 1.54) is 24.9 Å². The first-order chi connectivity index (χ1) is 12.5. The molecule has 0 unspecified atom stereocenters. The number of rotatable bonds is 7. The highest BCUT2D eigenvalue weighted by Crippen LogP contribution is 2.34. The predicted octanol–water partition coefficient (Wildman–Crippen LogP) is 2.84. The molecule has 146 valence electrons. The normalized spacial score (nSPS) is 21.7. The van der Waals surface area contributed by atoms with Crippen molar-refractivity contribution < 1.29 is 8.42 Å². The fraction of sp³-hybridized carbons (Fsp3) is 0.700. The number of nitrogens with one attached hydrogen (secondary N) is 1. The van der Waals surface area contributed by atoms with Gasteiger partial charge in [-0.25, -0.2) is 13.1 Å². The Labute approximate surface area is 158 Å². The van der Waals surface area contributed by atoms with Crippen LogP contribution in [0.2, 0.25) is 0 Å². The fourth-order valence-electron chi connectivity index (χ4n) is 4.48. The third kappa shape index (κ3) is 4.78. The van der Waals surface area contributed by atoms with Crippen molar-refractivity contribution in [3.05, 3.63) is 30.3 Å². The summed E-state index contributed by atoms with van der Waals surface area (Å²) in [6, 6.07) is 10.6. The van der Waals surface area contributed by atoms with Crippen LogP contribution in [0.1, 0.15) is 45.4 Å². The SMILES string of the molecule is CCCS(=O)(=O)NCC1(N2CCN(c3ccccc3)CC2)CCCCC1. The minimum absolute atomic E-state index is 0.00182. The summed E-state index contributed by atoms with van der Waals surface area (Å²) in [6.45, 7) is 6.51. The van der Waals surface area contributed by atoms with Gasteiger partial charge in [-0.15, -0.1) is 0 Å². The molecular weight excluding hydrogens is 346 g/mol. The van der Waals surface area contributed by atoms with Gasteiger partial charge in [0.15, 0.2) is 0 Å². The maximum absolute atomic E-state index is 12.2. The number of nitrogens with zero attached hydrogens (tertiary/aromatic N) is 2. The Balaban J connectivity index is 1.65. The van der Waals surface area contributed by atoms with Crippen molar-refractivity contribution >= 4 is 15.7 Å². The quantitative estimate of drug-likeness (QED) is 0.791. The highest BCUT2D eigenvalue weighted by Gasteiger charge is 2.39. The zero-order chi connectivity index (χ0) is 18.5. The lowest BCUT2D eigenvalue weighted by Crippen LogP contribution is -2.62. The highest BCUT2D eigenvalue weighted by atomic mass is 32.2. The van der Waals surface area contributed by atoms with Gasteiger partial charge in [0.05, 0.1) is 5.75 Å². The molecule has 5 nitrogen and oxygen atoms in total. The summed E-state index contributed by atoms with van der Waals surface area (Å²) < 4.78 is 27.3. The van der Waals surface area contributed by atoms with Gasteiger partial charge in [0.25, 0.3) is 0 Å². The molecule has 1 heterocycles. The summed E-state index contributed by atoms with van der Waals surface area (Å²) in [6.07, 6.45) is 6.55. The van der Waals surface area contributed by atoms with E-state index in [9.17, 15) is 8.42 Å². The van der Waals surface area contributed by atoms with Crippen LogP contribution in [0, 0.1) is 0 Å². The van der Waals surface area contributed by atoms with E-state index in [1.807, 2.05) is 6.92 Å². The maximum Gasteiger partial charge on any atom is 0.211 e. The summed E-state index contributed by atoms with van der Waals surface area (Å²) >= 11 is 0. The van der Waals surface area contributed by atoms with Crippen molar-refractivity contribution in [1.29, 1.82) is 0 Å². The number of benzene rings is 1. The molecule has 1 aromatic carbocycles. The Morgan fingerprint density at radius 3 is 2.27 bits per heavy atom. The minimum atomic E-state index is -3.15. The van der Waals surface area contributed by atoms with Gasteiger partial charge in [0.2, 0.25) is 10.0 Å². The summed E-state index contributed by atoms with van der Waals surface area (Å²) in [7, 11) is -3.15. The molecule has 1 aliphatic carbocycles. The topological polar surface area (TPSA) is 52.7 Å². The van der Waals surface area contributed by atoms with Crippen LogP contribution < -0.4 is 9.62 Å². The van der Waals surface area contributed by atoms with Crippen molar-refractivity contribution in [3.8, 4) is 0 Å². The van der Waals surface area contributed by atoms with Gasteiger partial charge in [-0.05, 0) is 31.4 Å². The molecule has 1 aromatic rings. The van der Waals surface area contributed by atoms with Crippen LogP contribution in [0.5, 0.6) is 0 Å². The second-order valence-electron chi connectivity index (χ2n) is 7.73. The molecule has 0 radical (unpaired) electrons. The third-order valence-electron chi connectivity index (χ3n) is 5.95. The predicted molar refractivity (Wildman–Crippen MR) is 108 cm³/mol. The van der Waals surface area contributed by atoms with Gasteiger partial charge in [0, 0.05) is 44.0 Å². The van der Waals surface area contributed by atoms with E-state index >= 15 is 0 Å². The Kier molecular flexibility index (Phi) is 6.59. The molecule has 2 aliphatic rings. The van der Waals surface area contributed by atoms with Crippen LogP contribution in [0.4, 0.5) is 5.69 Å². The third-order valence-corrected chi connectivity index (χ3v) is 7.48. The summed E-state index contributed by atoms with van der Waals surface area (Å²) in [5, 5.41) is 0. The van der Waals surface area contributed by atoms with Crippen LogP contribution in [0.3, 0.4) is 0 Å². The van der Waals surface area contributed by atoms with Gasteiger partial charge in [-0.2, -0.15) is 0 Å². The lowest BCUT2D eigenvalue weighted by molar-refractivity contribution is 0.0488. The molecule has 26 heavy (non-hydrogen) atoms. The highest BCUT2D eigenvalue weighted by molar-refractivity contribution is 7.89. The van der Waals surface area contributed by atoms with Crippen LogP contribution in [0.25, 0.3) is 0 Å². The number of para-hydroxylation sites is 1. The average molecular weight is 380 g/mol.